The van der Waals surface area contributed by atoms with E-state index in [1.807, 2.05) is 0 Å². The van der Waals surface area contributed by atoms with Gasteiger partial charge in [0.2, 0.25) is 11.8 Å². The smallest absolute Gasteiger partial charge is 0.248 e. The molecule has 2 amide bonds. The Hall–Kier alpha value is -3.04. The first-order valence-electron chi connectivity index (χ1n) is 11.4. The van der Waals surface area contributed by atoms with Crippen molar-refractivity contribution in [3.05, 3.63) is 82.1 Å². The van der Waals surface area contributed by atoms with E-state index < -0.39 is 41.9 Å². The van der Waals surface area contributed by atoms with Crippen molar-refractivity contribution < 1.29 is 22.8 Å². The lowest BCUT2D eigenvalue weighted by atomic mass is 9.94. The summed E-state index contributed by atoms with van der Waals surface area (Å²) in [5.41, 5.74) is -0.230. The zero-order valence-electron chi connectivity index (χ0n) is 19.1. The molecule has 1 heterocycles. The molecule has 1 aromatic heterocycles. The number of nitrogens with one attached hydrogen (secondary N) is 1. The molecular weight excluding hydrogens is 516 g/mol. The number of anilines is 1. The van der Waals surface area contributed by atoms with Gasteiger partial charge in [-0.15, -0.1) is 0 Å². The summed E-state index contributed by atoms with van der Waals surface area (Å²) in [6.45, 7) is -0.426. The Morgan fingerprint density at radius 1 is 1.06 bits per heavy atom. The number of nitrogens with zero attached hydrogens (tertiary/aromatic N) is 3. The minimum Gasteiger partial charge on any atom is -0.351 e. The largest absolute Gasteiger partial charge is 0.351 e. The molecule has 11 heteroatoms. The molecule has 190 valence electrons. The number of aromatic nitrogens is 2. The maximum Gasteiger partial charge on any atom is 0.248 e. The number of benzene rings is 2. The quantitative estimate of drug-likeness (QED) is 0.411. The highest BCUT2D eigenvalue weighted by atomic mass is 35.5. The number of hydrogen-bond donors (Lipinski definition) is 1. The van der Waals surface area contributed by atoms with Crippen LogP contribution < -0.4 is 10.2 Å². The molecule has 2 aromatic carbocycles. The van der Waals surface area contributed by atoms with Crippen LogP contribution in [0, 0.1) is 17.5 Å². The number of carbonyl (C=O) groups excluding carboxylic acids is 2. The zero-order chi connectivity index (χ0) is 25.8. The van der Waals surface area contributed by atoms with Gasteiger partial charge in [0.1, 0.15) is 35.2 Å². The second-order valence-corrected chi connectivity index (χ2v) is 9.33. The van der Waals surface area contributed by atoms with Gasteiger partial charge in [0.15, 0.2) is 5.15 Å². The minimum absolute atomic E-state index is 0.00912. The fourth-order valence-corrected chi connectivity index (χ4v) is 4.69. The molecule has 0 radical (unpaired) electrons. The van der Waals surface area contributed by atoms with Gasteiger partial charge in [0, 0.05) is 23.4 Å². The predicted octanol–water partition coefficient (Wildman–Crippen LogP) is 5.83. The van der Waals surface area contributed by atoms with Gasteiger partial charge in [-0.05, 0) is 37.1 Å². The van der Waals surface area contributed by atoms with Gasteiger partial charge in [-0.2, -0.15) is 0 Å². The molecule has 1 aliphatic rings. The first-order chi connectivity index (χ1) is 17.2. The standard InChI is InChI=1S/C25H23Cl2F3N4O2/c26-23-24(27)33(14-31-23)13-21(35)34(18-8-4-5-15(28)11-18)22(19-10-9-16(29)12-20(19)30)25(36)32-17-6-2-1-3-7-17/h4-5,8-12,14,17,22H,1-3,6-7,13H2,(H,32,36). The fraction of sp³-hybridized carbons (Fsp3) is 0.320. The van der Waals surface area contributed by atoms with Crippen molar-refractivity contribution >= 4 is 40.7 Å². The molecule has 4 rings (SSSR count). The van der Waals surface area contributed by atoms with E-state index in [2.05, 4.69) is 10.3 Å². The molecule has 1 fully saturated rings. The summed E-state index contributed by atoms with van der Waals surface area (Å²) in [6, 6.07) is 6.04. The Morgan fingerprint density at radius 3 is 2.42 bits per heavy atom. The lowest BCUT2D eigenvalue weighted by Crippen LogP contribution is -2.48. The average molecular weight is 539 g/mol. The van der Waals surface area contributed by atoms with Crippen LogP contribution in [0.1, 0.15) is 43.7 Å². The summed E-state index contributed by atoms with van der Waals surface area (Å²) in [5, 5.41) is 2.86. The Labute approximate surface area is 216 Å². The maximum absolute atomic E-state index is 15.1. The Morgan fingerprint density at radius 2 is 1.78 bits per heavy atom. The van der Waals surface area contributed by atoms with Crippen LogP contribution in [0.3, 0.4) is 0 Å². The molecule has 36 heavy (non-hydrogen) atoms. The van der Waals surface area contributed by atoms with E-state index in [0.717, 1.165) is 55.2 Å². The monoisotopic (exact) mass is 538 g/mol. The SMILES string of the molecule is O=C(NC1CCCCC1)C(c1ccc(F)cc1F)N(C(=O)Cn1cnc(Cl)c1Cl)c1cccc(F)c1. The van der Waals surface area contributed by atoms with Gasteiger partial charge in [-0.25, -0.2) is 18.2 Å². The Balaban J connectivity index is 1.80. The number of carbonyl (C=O) groups is 2. The van der Waals surface area contributed by atoms with E-state index in [4.69, 9.17) is 23.2 Å². The van der Waals surface area contributed by atoms with Crippen molar-refractivity contribution in [1.29, 1.82) is 0 Å². The number of halogens is 5. The van der Waals surface area contributed by atoms with E-state index in [9.17, 15) is 18.4 Å². The molecule has 1 N–H and O–H groups in total. The molecule has 0 spiro atoms. The highest BCUT2D eigenvalue weighted by molar-refractivity contribution is 6.40. The Bertz CT molecular complexity index is 1260. The number of hydrogen-bond acceptors (Lipinski definition) is 3. The summed E-state index contributed by atoms with van der Waals surface area (Å²) in [6.07, 6.45) is 5.61. The summed E-state index contributed by atoms with van der Waals surface area (Å²) < 4.78 is 44.3. The zero-order valence-corrected chi connectivity index (χ0v) is 20.6. The van der Waals surface area contributed by atoms with Crippen molar-refractivity contribution in [1.82, 2.24) is 14.9 Å². The van der Waals surface area contributed by atoms with Gasteiger partial charge in [0.05, 0.1) is 6.33 Å². The third kappa shape index (κ3) is 5.84. The minimum atomic E-state index is -1.56. The van der Waals surface area contributed by atoms with Crippen molar-refractivity contribution in [3.8, 4) is 0 Å². The normalized spacial score (nSPS) is 14.9. The molecule has 1 atom stereocenters. The van der Waals surface area contributed by atoms with Crippen LogP contribution in [0.2, 0.25) is 10.3 Å². The maximum atomic E-state index is 15.1. The molecule has 6 nitrogen and oxygen atoms in total. The van der Waals surface area contributed by atoms with Crippen molar-refractivity contribution in [2.75, 3.05) is 4.90 Å². The third-order valence-corrected chi connectivity index (χ3v) is 6.88. The number of amides is 2. The van der Waals surface area contributed by atoms with E-state index in [1.165, 1.54) is 29.1 Å². The van der Waals surface area contributed by atoms with E-state index >= 15 is 4.39 Å². The van der Waals surface area contributed by atoms with Crippen LogP contribution in [0.25, 0.3) is 0 Å². The number of rotatable bonds is 7. The molecule has 1 aliphatic carbocycles. The van der Waals surface area contributed by atoms with Crippen LogP contribution in [-0.4, -0.2) is 27.4 Å². The van der Waals surface area contributed by atoms with Crippen molar-refractivity contribution in [2.45, 2.75) is 50.7 Å². The van der Waals surface area contributed by atoms with Crippen LogP contribution in [0.5, 0.6) is 0 Å². The van der Waals surface area contributed by atoms with E-state index in [-0.39, 0.29) is 27.6 Å². The highest BCUT2D eigenvalue weighted by Gasteiger charge is 2.36. The first-order valence-corrected chi connectivity index (χ1v) is 12.2. The topological polar surface area (TPSA) is 67.2 Å². The van der Waals surface area contributed by atoms with Crippen LogP contribution >= 0.6 is 23.2 Å². The summed E-state index contributed by atoms with van der Waals surface area (Å²) in [4.78, 5) is 32.1. The van der Waals surface area contributed by atoms with E-state index in [0.29, 0.717) is 6.07 Å². The summed E-state index contributed by atoms with van der Waals surface area (Å²) in [5.74, 6) is -3.91. The molecule has 3 aromatic rings. The first kappa shape index (κ1) is 26.0. The average Bonchev–Trinajstić information content (AvgIpc) is 3.15. The Kier molecular flexibility index (Phi) is 8.21. The molecule has 0 saturated heterocycles. The van der Waals surface area contributed by atoms with Crippen LogP contribution in [0.15, 0.2) is 48.8 Å². The second-order valence-electron chi connectivity index (χ2n) is 8.61. The van der Waals surface area contributed by atoms with Crippen LogP contribution in [0.4, 0.5) is 18.9 Å². The van der Waals surface area contributed by atoms with Crippen molar-refractivity contribution in [2.24, 2.45) is 0 Å². The van der Waals surface area contributed by atoms with Gasteiger partial charge in [-0.1, -0.05) is 54.6 Å². The lowest BCUT2D eigenvalue weighted by Gasteiger charge is -2.33. The molecule has 0 aliphatic heterocycles. The third-order valence-electron chi connectivity index (χ3n) is 6.11. The molecule has 1 saturated carbocycles. The highest BCUT2D eigenvalue weighted by Crippen LogP contribution is 2.32. The lowest BCUT2D eigenvalue weighted by molar-refractivity contribution is -0.127. The summed E-state index contributed by atoms with van der Waals surface area (Å²) >= 11 is 12.0. The van der Waals surface area contributed by atoms with Gasteiger partial charge < -0.3 is 9.88 Å². The molecule has 0 bridgehead atoms. The van der Waals surface area contributed by atoms with E-state index in [1.54, 1.807) is 0 Å². The van der Waals surface area contributed by atoms with Gasteiger partial charge in [0.25, 0.3) is 0 Å². The molecular formula is C25H23Cl2F3N4O2. The summed E-state index contributed by atoms with van der Waals surface area (Å²) in [7, 11) is 0. The van der Waals surface area contributed by atoms with Crippen molar-refractivity contribution in [3.63, 3.8) is 0 Å². The second kappa shape index (κ2) is 11.3. The van der Waals surface area contributed by atoms with Gasteiger partial charge >= 0.3 is 0 Å². The molecule has 1 unspecified atom stereocenters. The van der Waals surface area contributed by atoms with Gasteiger partial charge in [-0.3, -0.25) is 14.5 Å². The predicted molar refractivity (Wildman–Crippen MR) is 130 cm³/mol. The van der Waals surface area contributed by atoms with Crippen LogP contribution in [-0.2, 0) is 16.1 Å². The fourth-order valence-electron chi connectivity index (χ4n) is 4.39. The number of imidazole rings is 1.